The Morgan fingerprint density at radius 3 is 2.24 bits per heavy atom. The number of amides is 1. The van der Waals surface area contributed by atoms with Gasteiger partial charge in [0.2, 0.25) is 0 Å². The van der Waals surface area contributed by atoms with E-state index in [1.807, 2.05) is 0 Å². The van der Waals surface area contributed by atoms with Gasteiger partial charge in [-0.1, -0.05) is 12.1 Å². The number of carbonyl (C=O) groups excluding carboxylic acids is 1. The molecule has 1 N–H and O–H groups in total. The Morgan fingerprint density at radius 1 is 1.00 bits per heavy atom. The van der Waals surface area contributed by atoms with E-state index in [0.29, 0.717) is 29.9 Å². The molecule has 5 rings (SSSR count). The summed E-state index contributed by atoms with van der Waals surface area (Å²) in [5, 5.41) is 3.43. The topological polar surface area (TPSA) is 44.8 Å². The zero-order valence-corrected chi connectivity index (χ0v) is 21.7. The van der Waals surface area contributed by atoms with Gasteiger partial charge in [-0.25, -0.2) is 0 Å². The van der Waals surface area contributed by atoms with E-state index in [-0.39, 0.29) is 30.7 Å². The highest BCUT2D eigenvalue weighted by Gasteiger charge is 2.45. The molecule has 2 saturated heterocycles. The minimum Gasteiger partial charge on any atom is -0.376 e. The molecule has 33 heavy (non-hydrogen) atoms. The number of nitrogens with one attached hydrogen (secondary N) is 1. The SMILES string of the molecule is CN(C)[C@@H]1C[C@@H]2CN(C(=O)c3ccc(C4CCNCC4)cc3)C[C@@H]2C[C@H]1OCC1CC1.Cl.Cl. The maximum atomic E-state index is 13.3. The first kappa shape index (κ1) is 26.7. The number of hydrogen-bond acceptors (Lipinski definition) is 4. The van der Waals surface area contributed by atoms with Gasteiger partial charge in [-0.05, 0) is 107 Å². The fourth-order valence-electron chi connectivity index (χ4n) is 6.06. The second kappa shape index (κ2) is 11.7. The largest absolute Gasteiger partial charge is 0.376 e. The summed E-state index contributed by atoms with van der Waals surface area (Å²) < 4.78 is 6.39. The number of likely N-dealkylation sites (N-methyl/N-ethyl adjacent to an activating group) is 1. The third kappa shape index (κ3) is 6.24. The first-order chi connectivity index (χ1) is 15.1. The number of halogens is 2. The van der Waals surface area contributed by atoms with Crippen molar-refractivity contribution in [1.82, 2.24) is 15.1 Å². The van der Waals surface area contributed by atoms with Gasteiger partial charge in [-0.3, -0.25) is 4.79 Å². The number of rotatable bonds is 6. The molecular weight excluding hydrogens is 457 g/mol. The van der Waals surface area contributed by atoms with Gasteiger partial charge in [-0.15, -0.1) is 24.8 Å². The van der Waals surface area contributed by atoms with Crippen molar-refractivity contribution in [3.63, 3.8) is 0 Å². The van der Waals surface area contributed by atoms with Crippen LogP contribution in [0.25, 0.3) is 0 Å². The summed E-state index contributed by atoms with van der Waals surface area (Å²) in [6.45, 7) is 4.92. The average molecular weight is 499 g/mol. The molecule has 0 aromatic heterocycles. The number of likely N-dealkylation sites (tertiary alicyclic amines) is 1. The first-order valence-electron chi connectivity index (χ1n) is 12.5. The van der Waals surface area contributed by atoms with Gasteiger partial charge in [0.25, 0.3) is 5.91 Å². The Hall–Kier alpha value is -0.850. The zero-order chi connectivity index (χ0) is 21.4. The molecule has 1 amide bonds. The van der Waals surface area contributed by atoms with E-state index in [9.17, 15) is 4.79 Å². The van der Waals surface area contributed by atoms with Gasteiger partial charge < -0.3 is 19.9 Å². The molecule has 0 radical (unpaired) electrons. The van der Waals surface area contributed by atoms with Gasteiger partial charge in [0.15, 0.2) is 0 Å². The maximum absolute atomic E-state index is 13.3. The van der Waals surface area contributed by atoms with Crippen LogP contribution in [-0.2, 0) is 4.74 Å². The van der Waals surface area contributed by atoms with E-state index in [0.717, 1.165) is 57.1 Å². The number of ether oxygens (including phenoxy) is 1. The Morgan fingerprint density at radius 2 is 1.64 bits per heavy atom. The van der Waals surface area contributed by atoms with E-state index >= 15 is 0 Å². The Kier molecular flexibility index (Phi) is 9.50. The van der Waals surface area contributed by atoms with Crippen LogP contribution in [0, 0.1) is 17.8 Å². The van der Waals surface area contributed by atoms with Gasteiger partial charge in [0.1, 0.15) is 0 Å². The van der Waals surface area contributed by atoms with Crippen LogP contribution in [-0.4, -0.2) is 74.7 Å². The van der Waals surface area contributed by atoms with Crippen LogP contribution in [0.2, 0.25) is 0 Å². The van der Waals surface area contributed by atoms with Crippen LogP contribution in [0.5, 0.6) is 0 Å². The van der Waals surface area contributed by atoms with E-state index in [2.05, 4.69) is 53.5 Å². The maximum Gasteiger partial charge on any atom is 0.253 e. The van der Waals surface area contributed by atoms with Crippen molar-refractivity contribution in [2.45, 2.75) is 56.6 Å². The van der Waals surface area contributed by atoms with Crippen LogP contribution in [0.15, 0.2) is 24.3 Å². The molecule has 2 aliphatic carbocycles. The van der Waals surface area contributed by atoms with E-state index in [4.69, 9.17) is 4.74 Å². The lowest BCUT2D eigenvalue weighted by Crippen LogP contribution is -2.48. The Bertz CT molecular complexity index is 765. The summed E-state index contributed by atoms with van der Waals surface area (Å²) in [6.07, 6.45) is 7.62. The van der Waals surface area contributed by atoms with Crippen LogP contribution >= 0.6 is 24.8 Å². The Balaban J connectivity index is 0.00000153. The average Bonchev–Trinajstić information content (AvgIpc) is 3.54. The second-order valence-electron chi connectivity index (χ2n) is 10.7. The third-order valence-corrected chi connectivity index (χ3v) is 8.25. The summed E-state index contributed by atoms with van der Waals surface area (Å²) in [7, 11) is 4.36. The van der Waals surface area contributed by atoms with Crippen molar-refractivity contribution >= 4 is 30.7 Å². The highest BCUT2D eigenvalue weighted by atomic mass is 35.5. The minimum atomic E-state index is 0. The lowest BCUT2D eigenvalue weighted by Gasteiger charge is -2.41. The number of fused-ring (bicyclic) bond motifs is 1. The molecule has 4 atom stereocenters. The molecule has 5 nitrogen and oxygen atoms in total. The zero-order valence-electron chi connectivity index (χ0n) is 20.1. The van der Waals surface area contributed by atoms with Crippen molar-refractivity contribution in [3.8, 4) is 0 Å². The summed E-state index contributed by atoms with van der Waals surface area (Å²) in [5.74, 6) is 2.83. The molecule has 0 bridgehead atoms. The molecule has 2 saturated carbocycles. The molecule has 0 spiro atoms. The smallest absolute Gasteiger partial charge is 0.253 e. The highest BCUT2D eigenvalue weighted by molar-refractivity contribution is 5.94. The van der Waals surface area contributed by atoms with Crippen molar-refractivity contribution in [1.29, 1.82) is 0 Å². The molecule has 1 aromatic rings. The predicted octanol–water partition coefficient (Wildman–Crippen LogP) is 4.20. The van der Waals surface area contributed by atoms with Crippen LogP contribution in [0.1, 0.15) is 60.4 Å². The lowest BCUT2D eigenvalue weighted by atomic mass is 9.77. The van der Waals surface area contributed by atoms with Crippen LogP contribution < -0.4 is 5.32 Å². The number of piperidine rings is 1. The summed E-state index contributed by atoms with van der Waals surface area (Å²) in [5.41, 5.74) is 2.24. The normalized spacial score (nSPS) is 29.8. The quantitative estimate of drug-likeness (QED) is 0.639. The van der Waals surface area contributed by atoms with Gasteiger partial charge in [0, 0.05) is 31.3 Å². The minimum absolute atomic E-state index is 0. The fraction of sp³-hybridized carbons (Fsp3) is 0.731. The van der Waals surface area contributed by atoms with Gasteiger partial charge in [-0.2, -0.15) is 0 Å². The number of benzene rings is 1. The van der Waals surface area contributed by atoms with E-state index < -0.39 is 0 Å². The molecule has 4 fully saturated rings. The Labute approximate surface area is 211 Å². The fourth-order valence-corrected chi connectivity index (χ4v) is 6.06. The van der Waals surface area contributed by atoms with E-state index in [1.54, 1.807) is 0 Å². The molecular formula is C26H41Cl2N3O2. The van der Waals surface area contributed by atoms with Crippen LogP contribution in [0.3, 0.4) is 0 Å². The summed E-state index contributed by atoms with van der Waals surface area (Å²) in [6, 6.07) is 8.98. The van der Waals surface area contributed by atoms with Crippen LogP contribution in [0.4, 0.5) is 0 Å². The van der Waals surface area contributed by atoms with Crippen molar-refractivity contribution < 1.29 is 9.53 Å². The molecule has 0 unspecified atom stereocenters. The third-order valence-electron chi connectivity index (χ3n) is 8.25. The van der Waals surface area contributed by atoms with E-state index in [1.165, 1.54) is 31.2 Å². The molecule has 7 heteroatoms. The number of carbonyl (C=O) groups is 1. The predicted molar refractivity (Wildman–Crippen MR) is 138 cm³/mol. The molecule has 186 valence electrons. The van der Waals surface area contributed by atoms with Gasteiger partial charge >= 0.3 is 0 Å². The summed E-state index contributed by atoms with van der Waals surface area (Å²) in [4.78, 5) is 17.7. The van der Waals surface area contributed by atoms with Crippen molar-refractivity contribution in [2.24, 2.45) is 17.8 Å². The monoisotopic (exact) mass is 497 g/mol. The molecule has 4 aliphatic rings. The number of hydrogen-bond donors (Lipinski definition) is 1. The number of nitrogens with zero attached hydrogens (tertiary/aromatic N) is 2. The second-order valence-corrected chi connectivity index (χ2v) is 10.7. The van der Waals surface area contributed by atoms with Gasteiger partial charge in [0.05, 0.1) is 6.10 Å². The molecule has 1 aromatic carbocycles. The summed E-state index contributed by atoms with van der Waals surface area (Å²) >= 11 is 0. The van der Waals surface area contributed by atoms with Crippen molar-refractivity contribution in [3.05, 3.63) is 35.4 Å². The lowest BCUT2D eigenvalue weighted by molar-refractivity contribution is -0.0493. The molecule has 2 aliphatic heterocycles. The highest BCUT2D eigenvalue weighted by Crippen LogP contribution is 2.40. The standard InChI is InChI=1S/C26H39N3O2.2ClH/c1-28(2)24-13-22-15-29(16-23(22)14-25(24)31-17-18-3-4-18)26(30)21-7-5-19(6-8-21)20-9-11-27-12-10-20;;/h5-8,18,20,22-25,27H,3-4,9-17H2,1-2H3;2*1H/t22-,23+,24-,25-;;/m1../s1. The van der Waals surface area contributed by atoms with Crippen molar-refractivity contribution in [2.75, 3.05) is 46.9 Å². The first-order valence-corrected chi connectivity index (χ1v) is 12.5. The molecule has 2 heterocycles.